The maximum Gasteiger partial charge on any atom is 0.248 e. The fourth-order valence-electron chi connectivity index (χ4n) is 1.30. The topological polar surface area (TPSA) is 29.1 Å². The first kappa shape index (κ1) is 11.2. The Hall–Kier alpha value is -1.83. The van der Waals surface area contributed by atoms with Crippen LogP contribution in [-0.4, -0.2) is 5.91 Å². The summed E-state index contributed by atoms with van der Waals surface area (Å²) >= 11 is 0. The summed E-state index contributed by atoms with van der Waals surface area (Å²) in [6.45, 7) is 5.50. The lowest BCUT2D eigenvalue weighted by Gasteiger charge is -2.07. The molecule has 0 unspecified atom stereocenters. The maximum atomic E-state index is 11.3. The van der Waals surface area contributed by atoms with Crippen molar-refractivity contribution in [1.29, 1.82) is 0 Å². The Kier molecular flexibility index (Phi) is 4.35. The highest BCUT2D eigenvalue weighted by atomic mass is 16.1. The minimum atomic E-state index is -0.103. The molecule has 0 radical (unpaired) electrons. The summed E-state index contributed by atoms with van der Waals surface area (Å²) in [7, 11) is 0. The van der Waals surface area contributed by atoms with E-state index < -0.39 is 0 Å². The minimum Gasteiger partial charge on any atom is -0.322 e. The summed E-state index contributed by atoms with van der Waals surface area (Å²) in [6.07, 6.45) is 5.79. The van der Waals surface area contributed by atoms with E-state index in [1.54, 1.807) is 6.08 Å². The Balaban J connectivity index is 2.83. The number of rotatable bonds is 4. The van der Waals surface area contributed by atoms with Crippen molar-refractivity contribution in [2.24, 2.45) is 0 Å². The normalized spacial score (nSPS) is 10.2. The number of anilines is 1. The Bertz CT molecular complexity index is 380. The van der Waals surface area contributed by atoms with Gasteiger partial charge in [0.1, 0.15) is 0 Å². The summed E-state index contributed by atoms with van der Waals surface area (Å²) in [6, 6.07) is 7.72. The lowest BCUT2D eigenvalue weighted by atomic mass is 10.1. The first-order valence-electron chi connectivity index (χ1n) is 4.90. The second-order valence-corrected chi connectivity index (χ2v) is 3.14. The van der Waals surface area contributed by atoms with Gasteiger partial charge in [-0.2, -0.15) is 0 Å². The van der Waals surface area contributed by atoms with Gasteiger partial charge < -0.3 is 5.32 Å². The van der Waals surface area contributed by atoms with Gasteiger partial charge in [-0.25, -0.2) is 0 Å². The van der Waals surface area contributed by atoms with E-state index in [2.05, 4.69) is 11.9 Å². The zero-order valence-corrected chi connectivity index (χ0v) is 8.86. The molecule has 0 spiro atoms. The molecular formula is C13H15NO. The maximum absolute atomic E-state index is 11.3. The van der Waals surface area contributed by atoms with Crippen LogP contribution in [-0.2, 0) is 11.2 Å². The highest BCUT2D eigenvalue weighted by Gasteiger charge is 2.01. The van der Waals surface area contributed by atoms with Crippen LogP contribution in [0, 0.1) is 0 Å². The molecule has 1 aromatic carbocycles. The van der Waals surface area contributed by atoms with Gasteiger partial charge in [-0.3, -0.25) is 4.79 Å². The highest BCUT2D eigenvalue weighted by molar-refractivity contribution is 5.99. The average molecular weight is 201 g/mol. The fraction of sp³-hybridized carbons (Fsp3) is 0.154. The lowest BCUT2D eigenvalue weighted by Crippen LogP contribution is -2.09. The molecule has 1 N–H and O–H groups in total. The quantitative estimate of drug-likeness (QED) is 0.589. The van der Waals surface area contributed by atoms with E-state index in [9.17, 15) is 4.79 Å². The van der Waals surface area contributed by atoms with E-state index >= 15 is 0 Å². The SMILES string of the molecule is C=CCc1ccccc1NC(=O)/C=C/C. The van der Waals surface area contributed by atoms with Crippen LogP contribution in [0.3, 0.4) is 0 Å². The molecule has 0 aliphatic carbocycles. The molecule has 2 nitrogen and oxygen atoms in total. The van der Waals surface area contributed by atoms with Crippen LogP contribution in [0.25, 0.3) is 0 Å². The minimum absolute atomic E-state index is 0.103. The molecule has 78 valence electrons. The van der Waals surface area contributed by atoms with Crippen molar-refractivity contribution in [3.63, 3.8) is 0 Å². The molecule has 15 heavy (non-hydrogen) atoms. The zero-order valence-electron chi connectivity index (χ0n) is 8.86. The van der Waals surface area contributed by atoms with Gasteiger partial charge in [0.05, 0.1) is 0 Å². The van der Waals surface area contributed by atoms with Crippen LogP contribution in [0.4, 0.5) is 5.69 Å². The van der Waals surface area contributed by atoms with Gasteiger partial charge in [-0.15, -0.1) is 6.58 Å². The molecule has 0 aromatic heterocycles. The number of allylic oxidation sites excluding steroid dienone is 2. The van der Waals surface area contributed by atoms with Crippen LogP contribution in [0.2, 0.25) is 0 Å². The third kappa shape index (κ3) is 3.43. The summed E-state index contributed by atoms with van der Waals surface area (Å²) in [4.78, 5) is 11.3. The standard InChI is InChI=1S/C13H15NO/c1-3-7-11-9-5-6-10-12(11)14-13(15)8-4-2/h3-6,8-10H,1,7H2,2H3,(H,14,15)/b8-4+. The lowest BCUT2D eigenvalue weighted by molar-refractivity contribution is -0.111. The van der Waals surface area contributed by atoms with Crippen molar-refractivity contribution in [1.82, 2.24) is 0 Å². The number of para-hydroxylation sites is 1. The number of nitrogens with one attached hydrogen (secondary N) is 1. The molecule has 1 amide bonds. The Morgan fingerprint density at radius 3 is 2.87 bits per heavy atom. The molecule has 0 saturated heterocycles. The largest absolute Gasteiger partial charge is 0.322 e. The van der Waals surface area contributed by atoms with Crippen molar-refractivity contribution in [2.75, 3.05) is 5.32 Å². The Morgan fingerprint density at radius 1 is 1.47 bits per heavy atom. The first-order valence-corrected chi connectivity index (χ1v) is 4.90. The molecule has 0 saturated carbocycles. The number of amides is 1. The predicted molar refractivity (Wildman–Crippen MR) is 63.8 cm³/mol. The summed E-state index contributed by atoms with van der Waals surface area (Å²) in [5, 5.41) is 2.82. The smallest absolute Gasteiger partial charge is 0.248 e. The molecule has 0 aliphatic rings. The second kappa shape index (κ2) is 5.81. The van der Waals surface area contributed by atoms with Crippen molar-refractivity contribution in [3.05, 3.63) is 54.6 Å². The van der Waals surface area contributed by atoms with E-state index in [4.69, 9.17) is 0 Å². The van der Waals surface area contributed by atoms with Crippen LogP contribution in [0.1, 0.15) is 12.5 Å². The number of hydrogen-bond acceptors (Lipinski definition) is 1. The molecule has 0 heterocycles. The molecule has 1 aromatic rings. The predicted octanol–water partition coefficient (Wildman–Crippen LogP) is 2.93. The average Bonchev–Trinajstić information content (AvgIpc) is 2.21. The summed E-state index contributed by atoms with van der Waals surface area (Å²) < 4.78 is 0. The van der Waals surface area contributed by atoms with Crippen LogP contribution in [0.5, 0.6) is 0 Å². The van der Waals surface area contributed by atoms with E-state index in [-0.39, 0.29) is 5.91 Å². The Labute approximate surface area is 90.3 Å². The van der Waals surface area contributed by atoms with Crippen LogP contribution in [0.15, 0.2) is 49.1 Å². The van der Waals surface area contributed by atoms with Gasteiger partial charge in [0.15, 0.2) is 0 Å². The van der Waals surface area contributed by atoms with E-state index in [1.807, 2.05) is 37.3 Å². The van der Waals surface area contributed by atoms with Gasteiger partial charge in [0, 0.05) is 5.69 Å². The van der Waals surface area contributed by atoms with Crippen molar-refractivity contribution in [2.45, 2.75) is 13.3 Å². The van der Waals surface area contributed by atoms with E-state index in [0.29, 0.717) is 0 Å². The monoisotopic (exact) mass is 201 g/mol. The molecule has 0 bridgehead atoms. The van der Waals surface area contributed by atoms with Crippen molar-refractivity contribution >= 4 is 11.6 Å². The van der Waals surface area contributed by atoms with Crippen LogP contribution < -0.4 is 5.32 Å². The molecule has 1 rings (SSSR count). The molecular weight excluding hydrogens is 186 g/mol. The Morgan fingerprint density at radius 2 is 2.20 bits per heavy atom. The summed E-state index contributed by atoms with van der Waals surface area (Å²) in [5.74, 6) is -0.103. The van der Waals surface area contributed by atoms with Gasteiger partial charge in [0.2, 0.25) is 5.91 Å². The zero-order chi connectivity index (χ0) is 11.1. The molecule has 2 heteroatoms. The molecule has 0 fully saturated rings. The van der Waals surface area contributed by atoms with E-state index in [0.717, 1.165) is 17.7 Å². The fourth-order valence-corrected chi connectivity index (χ4v) is 1.30. The molecule has 0 atom stereocenters. The number of carbonyl (C=O) groups excluding carboxylic acids is 1. The number of hydrogen-bond donors (Lipinski definition) is 1. The van der Waals surface area contributed by atoms with E-state index in [1.165, 1.54) is 6.08 Å². The third-order valence-electron chi connectivity index (χ3n) is 1.96. The number of benzene rings is 1. The first-order chi connectivity index (χ1) is 7.27. The van der Waals surface area contributed by atoms with Crippen molar-refractivity contribution < 1.29 is 4.79 Å². The second-order valence-electron chi connectivity index (χ2n) is 3.14. The van der Waals surface area contributed by atoms with Crippen LogP contribution >= 0.6 is 0 Å². The molecule has 0 aliphatic heterocycles. The van der Waals surface area contributed by atoms with Crippen molar-refractivity contribution in [3.8, 4) is 0 Å². The number of carbonyl (C=O) groups is 1. The highest BCUT2D eigenvalue weighted by Crippen LogP contribution is 2.15. The van der Waals surface area contributed by atoms with Gasteiger partial charge in [0.25, 0.3) is 0 Å². The third-order valence-corrected chi connectivity index (χ3v) is 1.96. The van der Waals surface area contributed by atoms with Gasteiger partial charge >= 0.3 is 0 Å². The van der Waals surface area contributed by atoms with Gasteiger partial charge in [-0.1, -0.05) is 30.4 Å². The summed E-state index contributed by atoms with van der Waals surface area (Å²) in [5.41, 5.74) is 1.92. The van der Waals surface area contributed by atoms with Gasteiger partial charge in [-0.05, 0) is 31.1 Å².